The molecule has 0 amide bonds. The molecule has 0 heterocycles. The van der Waals surface area contributed by atoms with E-state index in [1.54, 1.807) is 0 Å². The van der Waals surface area contributed by atoms with Crippen molar-refractivity contribution in [2.75, 3.05) is 0 Å². The van der Waals surface area contributed by atoms with E-state index in [4.69, 9.17) is 5.11 Å². The third-order valence-corrected chi connectivity index (χ3v) is 1.51. The van der Waals surface area contributed by atoms with Gasteiger partial charge in [-0.25, -0.2) is 0 Å². The molecule has 0 rings (SSSR count). The van der Waals surface area contributed by atoms with E-state index >= 15 is 0 Å². The van der Waals surface area contributed by atoms with Crippen LogP contribution in [0.3, 0.4) is 0 Å². The van der Waals surface area contributed by atoms with Gasteiger partial charge in [-0.1, -0.05) is 13.8 Å². The van der Waals surface area contributed by atoms with Crippen molar-refractivity contribution in [3.05, 3.63) is 0 Å². The van der Waals surface area contributed by atoms with E-state index in [-0.39, 0.29) is 29.6 Å². The van der Waals surface area contributed by atoms with Crippen LogP contribution in [0.15, 0.2) is 0 Å². The number of aliphatic carboxylic acids is 2. The van der Waals surface area contributed by atoms with Gasteiger partial charge in [0.25, 0.3) is 0 Å². The molecule has 4 nitrogen and oxygen atoms in total. The molecule has 11 heavy (non-hydrogen) atoms. The maximum absolute atomic E-state index is 10.2. The van der Waals surface area contributed by atoms with Gasteiger partial charge < -0.3 is 15.0 Å². The van der Waals surface area contributed by atoms with Crippen molar-refractivity contribution in [3.8, 4) is 0 Å². The van der Waals surface area contributed by atoms with Crippen LogP contribution in [0.1, 0.15) is 13.8 Å². The van der Waals surface area contributed by atoms with Crippen LogP contribution in [0.5, 0.6) is 0 Å². The molecule has 0 fully saturated rings. The molecule has 0 aliphatic carbocycles. The second-order valence-corrected chi connectivity index (χ2v) is 2.23. The number of hydrogen-bond acceptors (Lipinski definition) is 3. The second kappa shape index (κ2) is 5.57. The van der Waals surface area contributed by atoms with E-state index in [0.717, 1.165) is 0 Å². The third-order valence-electron chi connectivity index (χ3n) is 1.51. The van der Waals surface area contributed by atoms with Crippen molar-refractivity contribution < 1.29 is 49.4 Å². The number of carbonyl (C=O) groups is 2. The van der Waals surface area contributed by atoms with Gasteiger partial charge in [0.1, 0.15) is 0 Å². The molecule has 58 valence electrons. The van der Waals surface area contributed by atoms with E-state index in [1.165, 1.54) is 13.8 Å². The van der Waals surface area contributed by atoms with Crippen LogP contribution >= 0.6 is 0 Å². The Hall–Kier alpha value is -0.0600. The summed E-state index contributed by atoms with van der Waals surface area (Å²) in [5.41, 5.74) is 0. The molecule has 0 saturated carbocycles. The summed E-state index contributed by atoms with van der Waals surface area (Å²) in [4.78, 5) is 20.2. The third kappa shape index (κ3) is 4.40. The van der Waals surface area contributed by atoms with Crippen LogP contribution in [0.2, 0.25) is 0 Å². The fraction of sp³-hybridized carbons (Fsp3) is 0.667. The maximum atomic E-state index is 10.2. The van der Waals surface area contributed by atoms with Crippen LogP contribution in [0.25, 0.3) is 0 Å². The molecule has 1 N–H and O–H groups in total. The van der Waals surface area contributed by atoms with E-state index in [0.29, 0.717) is 0 Å². The second-order valence-electron chi connectivity index (χ2n) is 2.23. The van der Waals surface area contributed by atoms with Crippen molar-refractivity contribution in [1.29, 1.82) is 0 Å². The van der Waals surface area contributed by atoms with Crippen LogP contribution in [0, 0.1) is 11.8 Å². The average Bonchev–Trinajstić information content (AvgIpc) is 1.84. The topological polar surface area (TPSA) is 77.4 Å². The molecule has 0 radical (unpaired) electrons. The summed E-state index contributed by atoms with van der Waals surface area (Å²) in [6.07, 6.45) is 0. The number of hydrogen-bond donors (Lipinski definition) is 1. The van der Waals surface area contributed by atoms with Crippen LogP contribution in [-0.2, 0) is 9.59 Å². The Balaban J connectivity index is 0. The average molecular weight is 168 g/mol. The van der Waals surface area contributed by atoms with Crippen molar-refractivity contribution in [2.45, 2.75) is 13.8 Å². The molecule has 0 spiro atoms. The smallest absolute Gasteiger partial charge is 0.550 e. The van der Waals surface area contributed by atoms with Crippen molar-refractivity contribution >= 4 is 11.9 Å². The molecule has 0 aliphatic heterocycles. The number of carboxylic acids is 2. The quantitative estimate of drug-likeness (QED) is 0.437. The number of carboxylic acid groups (broad SMARTS) is 2. The van der Waals surface area contributed by atoms with Gasteiger partial charge in [-0.3, -0.25) is 4.79 Å². The predicted octanol–water partition coefficient (Wildman–Crippen LogP) is -3.90. The maximum Gasteiger partial charge on any atom is 1.00 e. The largest absolute Gasteiger partial charge is 1.00 e. The summed E-state index contributed by atoms with van der Waals surface area (Å²) < 4.78 is 0. The van der Waals surface area contributed by atoms with Gasteiger partial charge in [-0.05, 0) is 0 Å². The fourth-order valence-electron chi connectivity index (χ4n) is 0.418. The molecule has 0 aliphatic rings. The minimum Gasteiger partial charge on any atom is -0.550 e. The Morgan fingerprint density at radius 2 is 1.64 bits per heavy atom. The standard InChI is InChI=1S/C6H10O4.Na/c1-3(5(7)8)4(2)6(9)10;/h3-4H,1-2H3,(H,7,8)(H,9,10);/q;+1/p-1. The Morgan fingerprint density at radius 1 is 1.27 bits per heavy atom. The van der Waals surface area contributed by atoms with Crippen LogP contribution in [0.4, 0.5) is 0 Å². The zero-order valence-electron chi connectivity index (χ0n) is 6.83. The van der Waals surface area contributed by atoms with E-state index in [1.807, 2.05) is 0 Å². The summed E-state index contributed by atoms with van der Waals surface area (Å²) >= 11 is 0. The molecule has 0 aromatic rings. The van der Waals surface area contributed by atoms with Crippen LogP contribution < -0.4 is 34.7 Å². The zero-order valence-corrected chi connectivity index (χ0v) is 8.83. The molecule has 0 aromatic carbocycles. The van der Waals surface area contributed by atoms with Gasteiger partial charge in [0.2, 0.25) is 0 Å². The zero-order chi connectivity index (χ0) is 8.31. The fourth-order valence-corrected chi connectivity index (χ4v) is 0.418. The Kier molecular flexibility index (Phi) is 6.85. The van der Waals surface area contributed by atoms with Gasteiger partial charge in [0.05, 0.1) is 5.92 Å². The van der Waals surface area contributed by atoms with E-state index in [2.05, 4.69) is 0 Å². The molecule has 0 saturated heterocycles. The molecular weight excluding hydrogens is 159 g/mol. The normalized spacial score (nSPS) is 14.4. The number of carbonyl (C=O) groups excluding carboxylic acids is 1. The van der Waals surface area contributed by atoms with Gasteiger partial charge in [0.15, 0.2) is 0 Å². The molecule has 0 bridgehead atoms. The van der Waals surface area contributed by atoms with Gasteiger partial charge in [0, 0.05) is 11.9 Å². The monoisotopic (exact) mass is 168 g/mol. The Labute approximate surface area is 86.9 Å². The van der Waals surface area contributed by atoms with Crippen molar-refractivity contribution in [1.82, 2.24) is 0 Å². The van der Waals surface area contributed by atoms with Crippen LogP contribution in [-0.4, -0.2) is 17.0 Å². The summed E-state index contributed by atoms with van der Waals surface area (Å²) in [5, 5.41) is 18.4. The molecular formula is C6H9NaO4. The molecule has 0 aromatic heterocycles. The van der Waals surface area contributed by atoms with E-state index < -0.39 is 23.8 Å². The first-order chi connectivity index (χ1) is 4.46. The van der Waals surface area contributed by atoms with Gasteiger partial charge >= 0.3 is 35.5 Å². The minimum absolute atomic E-state index is 0. The SMILES string of the molecule is CC(C(=O)[O-])C(C)C(=O)O.[Na+]. The van der Waals surface area contributed by atoms with Gasteiger partial charge in [-0.15, -0.1) is 0 Å². The van der Waals surface area contributed by atoms with Gasteiger partial charge in [-0.2, -0.15) is 0 Å². The summed E-state index contributed by atoms with van der Waals surface area (Å²) in [6, 6.07) is 0. The summed E-state index contributed by atoms with van der Waals surface area (Å²) in [7, 11) is 0. The Morgan fingerprint density at radius 3 is 1.73 bits per heavy atom. The summed E-state index contributed by atoms with van der Waals surface area (Å²) in [5.74, 6) is -4.26. The van der Waals surface area contributed by atoms with Crippen molar-refractivity contribution in [2.24, 2.45) is 11.8 Å². The first-order valence-electron chi connectivity index (χ1n) is 2.90. The molecule has 2 unspecified atom stereocenters. The molecule has 2 atom stereocenters. The molecule has 5 heteroatoms. The first-order valence-corrected chi connectivity index (χ1v) is 2.90. The van der Waals surface area contributed by atoms with E-state index in [9.17, 15) is 14.7 Å². The first kappa shape index (κ1) is 13.5. The number of rotatable bonds is 3. The Bertz CT molecular complexity index is 139. The van der Waals surface area contributed by atoms with Crippen molar-refractivity contribution in [3.63, 3.8) is 0 Å². The predicted molar refractivity (Wildman–Crippen MR) is 31.0 cm³/mol. The summed E-state index contributed by atoms with van der Waals surface area (Å²) in [6.45, 7) is 2.65. The minimum atomic E-state index is -1.32.